The number of hydrogen-bond acceptors (Lipinski definition) is 2. The van der Waals surface area contributed by atoms with Crippen LogP contribution in [-0.4, -0.2) is 22.6 Å². The zero-order valence-corrected chi connectivity index (χ0v) is 19.4. The van der Waals surface area contributed by atoms with Crippen LogP contribution < -0.4 is 0 Å². The van der Waals surface area contributed by atoms with E-state index < -0.39 is 5.60 Å². The third kappa shape index (κ3) is 3.42. The highest BCUT2D eigenvalue weighted by molar-refractivity contribution is 5.85. The lowest BCUT2D eigenvalue weighted by molar-refractivity contribution is -0.0892. The summed E-state index contributed by atoms with van der Waals surface area (Å²) < 4.78 is 0. The monoisotopic (exact) mass is 443 g/mol. The van der Waals surface area contributed by atoms with Crippen LogP contribution in [0.4, 0.5) is 0 Å². The molecule has 0 radical (unpaired) electrons. The first-order chi connectivity index (χ1) is 16.6. The topological polar surface area (TPSA) is 23.5 Å². The molecule has 0 saturated carbocycles. The molecule has 0 spiro atoms. The fourth-order valence-electron chi connectivity index (χ4n) is 5.65. The van der Waals surface area contributed by atoms with Crippen molar-refractivity contribution in [1.29, 1.82) is 0 Å². The first-order valence-electron chi connectivity index (χ1n) is 12.2. The number of benzene rings is 5. The summed E-state index contributed by atoms with van der Waals surface area (Å²) in [5, 5.41) is 17.4. The Labute approximate surface area is 201 Å². The minimum absolute atomic E-state index is 0.00923. The Morgan fingerprint density at radius 1 is 0.676 bits per heavy atom. The van der Waals surface area contributed by atoms with Gasteiger partial charge in [-0.3, -0.25) is 4.90 Å². The van der Waals surface area contributed by atoms with Crippen LogP contribution in [0.25, 0.3) is 21.5 Å². The minimum atomic E-state index is -1.12. The Morgan fingerprint density at radius 3 is 1.68 bits per heavy atom. The largest absolute Gasteiger partial charge is 0.379 e. The van der Waals surface area contributed by atoms with Crippen LogP contribution in [0.5, 0.6) is 0 Å². The van der Waals surface area contributed by atoms with E-state index in [1.165, 1.54) is 16.3 Å². The SMILES string of the molecule is C[C@@H](c1ccccc1)N1CC[C@H]1C(O)(c1ccc2ccccc2c1)c1ccc2ccccc2c1. The van der Waals surface area contributed by atoms with Gasteiger partial charge < -0.3 is 5.11 Å². The number of hydrogen-bond donors (Lipinski definition) is 1. The maximum atomic E-state index is 12.7. The minimum Gasteiger partial charge on any atom is -0.379 e. The molecule has 1 N–H and O–H groups in total. The average molecular weight is 444 g/mol. The molecule has 2 heteroatoms. The van der Waals surface area contributed by atoms with Gasteiger partial charge in [-0.2, -0.15) is 0 Å². The molecule has 168 valence electrons. The van der Waals surface area contributed by atoms with E-state index in [1.807, 2.05) is 0 Å². The summed E-state index contributed by atoms with van der Waals surface area (Å²) in [7, 11) is 0. The van der Waals surface area contributed by atoms with E-state index in [9.17, 15) is 5.11 Å². The molecule has 6 rings (SSSR count). The first kappa shape index (κ1) is 21.1. The van der Waals surface area contributed by atoms with Crippen LogP contribution in [0.15, 0.2) is 115 Å². The Balaban J connectivity index is 1.50. The van der Waals surface area contributed by atoms with Crippen LogP contribution in [0, 0.1) is 0 Å². The predicted molar refractivity (Wildman–Crippen MR) is 141 cm³/mol. The Bertz CT molecular complexity index is 1380. The number of likely N-dealkylation sites (tertiary alicyclic amines) is 1. The molecular weight excluding hydrogens is 414 g/mol. The van der Waals surface area contributed by atoms with E-state index in [2.05, 4.69) is 127 Å². The molecule has 5 aromatic rings. The van der Waals surface area contributed by atoms with Gasteiger partial charge in [-0.15, -0.1) is 0 Å². The van der Waals surface area contributed by atoms with Crippen LogP contribution in [-0.2, 0) is 5.60 Å². The fraction of sp³-hybridized carbons (Fsp3) is 0.188. The summed E-state index contributed by atoms with van der Waals surface area (Å²) in [5.41, 5.74) is 2.08. The van der Waals surface area contributed by atoms with Crippen LogP contribution in [0.1, 0.15) is 36.1 Å². The van der Waals surface area contributed by atoms with Gasteiger partial charge in [-0.05, 0) is 63.7 Å². The number of nitrogens with zero attached hydrogens (tertiary/aromatic N) is 1. The van der Waals surface area contributed by atoms with Gasteiger partial charge in [-0.25, -0.2) is 0 Å². The second kappa shape index (κ2) is 8.39. The van der Waals surface area contributed by atoms with Gasteiger partial charge in [0.05, 0.1) is 0 Å². The Hall–Kier alpha value is -3.46. The van der Waals surface area contributed by atoms with E-state index in [0.717, 1.165) is 34.9 Å². The van der Waals surface area contributed by atoms with E-state index in [0.29, 0.717) is 0 Å². The fourth-order valence-corrected chi connectivity index (χ4v) is 5.65. The number of aliphatic hydroxyl groups is 1. The molecule has 0 aliphatic carbocycles. The second-order valence-electron chi connectivity index (χ2n) is 9.52. The van der Waals surface area contributed by atoms with Crippen molar-refractivity contribution in [3.8, 4) is 0 Å². The lowest BCUT2D eigenvalue weighted by Gasteiger charge is -2.53. The zero-order chi connectivity index (χ0) is 23.1. The molecule has 1 saturated heterocycles. The molecule has 5 aromatic carbocycles. The highest BCUT2D eigenvalue weighted by Gasteiger charge is 2.49. The number of fused-ring (bicyclic) bond motifs is 2. The summed E-state index contributed by atoms with van der Waals surface area (Å²) in [6.07, 6.45) is 0.952. The predicted octanol–water partition coefficient (Wildman–Crippen LogP) is 7.06. The van der Waals surface area contributed by atoms with Gasteiger partial charge >= 0.3 is 0 Å². The highest BCUT2D eigenvalue weighted by Crippen LogP contribution is 2.45. The molecule has 0 bridgehead atoms. The van der Waals surface area contributed by atoms with Crippen LogP contribution in [0.3, 0.4) is 0 Å². The van der Waals surface area contributed by atoms with E-state index in [1.54, 1.807) is 0 Å². The van der Waals surface area contributed by atoms with Crippen molar-refractivity contribution in [3.63, 3.8) is 0 Å². The smallest absolute Gasteiger partial charge is 0.130 e. The Kier molecular flexibility index (Phi) is 5.21. The van der Waals surface area contributed by atoms with Gasteiger partial charge in [0.15, 0.2) is 0 Å². The van der Waals surface area contributed by atoms with Crippen molar-refractivity contribution < 1.29 is 5.11 Å². The van der Waals surface area contributed by atoms with Gasteiger partial charge in [0.1, 0.15) is 5.60 Å². The summed E-state index contributed by atoms with van der Waals surface area (Å²) in [4.78, 5) is 2.46. The highest BCUT2D eigenvalue weighted by atomic mass is 16.3. The van der Waals surface area contributed by atoms with E-state index >= 15 is 0 Å². The molecule has 2 atom stereocenters. The van der Waals surface area contributed by atoms with Gasteiger partial charge in [0.25, 0.3) is 0 Å². The Morgan fingerprint density at radius 2 is 1.18 bits per heavy atom. The van der Waals surface area contributed by atoms with Crippen molar-refractivity contribution in [2.24, 2.45) is 0 Å². The second-order valence-corrected chi connectivity index (χ2v) is 9.52. The van der Waals surface area contributed by atoms with Gasteiger partial charge in [0.2, 0.25) is 0 Å². The van der Waals surface area contributed by atoms with Crippen LogP contribution in [0.2, 0.25) is 0 Å². The van der Waals surface area contributed by atoms with E-state index in [4.69, 9.17) is 0 Å². The van der Waals surface area contributed by atoms with Crippen LogP contribution >= 0.6 is 0 Å². The van der Waals surface area contributed by atoms with E-state index in [-0.39, 0.29) is 12.1 Å². The third-order valence-corrected chi connectivity index (χ3v) is 7.70. The molecule has 34 heavy (non-hydrogen) atoms. The number of rotatable bonds is 5. The van der Waals surface area contributed by atoms with Gasteiger partial charge in [-0.1, -0.05) is 103 Å². The maximum absolute atomic E-state index is 12.7. The van der Waals surface area contributed by atoms with Crippen molar-refractivity contribution in [1.82, 2.24) is 4.90 Å². The molecule has 0 unspecified atom stereocenters. The van der Waals surface area contributed by atoms with Crippen molar-refractivity contribution in [2.75, 3.05) is 6.54 Å². The zero-order valence-electron chi connectivity index (χ0n) is 19.4. The molecule has 0 aromatic heterocycles. The molecule has 0 amide bonds. The summed E-state index contributed by atoms with van der Waals surface area (Å²) in [5.74, 6) is 0. The van der Waals surface area contributed by atoms with Crippen molar-refractivity contribution in [2.45, 2.75) is 31.0 Å². The lowest BCUT2D eigenvalue weighted by Crippen LogP contribution is -2.60. The normalized spacial score (nSPS) is 17.5. The quantitative estimate of drug-likeness (QED) is 0.314. The third-order valence-electron chi connectivity index (χ3n) is 7.70. The average Bonchev–Trinajstić information content (AvgIpc) is 2.87. The molecule has 1 fully saturated rings. The molecule has 1 aliphatic heterocycles. The first-order valence-corrected chi connectivity index (χ1v) is 12.2. The lowest BCUT2D eigenvalue weighted by atomic mass is 9.73. The molecule has 2 nitrogen and oxygen atoms in total. The van der Waals surface area contributed by atoms with Gasteiger partial charge in [0, 0.05) is 18.6 Å². The standard InChI is InChI=1S/C32H29NO/c1-23(24-9-3-2-4-10-24)33-20-19-31(33)32(34,29-17-15-25-11-5-7-13-27(25)21-29)30-18-16-26-12-6-8-14-28(26)22-30/h2-18,21-23,31,34H,19-20H2,1H3/t23-,31-/m0/s1. The maximum Gasteiger partial charge on any atom is 0.130 e. The van der Waals surface area contributed by atoms with Crippen molar-refractivity contribution >= 4 is 21.5 Å². The van der Waals surface area contributed by atoms with Crippen molar-refractivity contribution in [3.05, 3.63) is 132 Å². The molecule has 1 aliphatic rings. The molecule has 1 heterocycles. The summed E-state index contributed by atoms with van der Waals surface area (Å²) >= 11 is 0. The molecular formula is C32H29NO. The summed E-state index contributed by atoms with van der Waals surface area (Å²) in [6, 6.07) is 40.5. The summed E-state index contributed by atoms with van der Waals surface area (Å²) in [6.45, 7) is 3.23.